The van der Waals surface area contributed by atoms with Gasteiger partial charge in [-0.25, -0.2) is 4.39 Å². The summed E-state index contributed by atoms with van der Waals surface area (Å²) in [4.78, 5) is 12.3. The third-order valence-electron chi connectivity index (χ3n) is 3.82. The molecule has 0 bridgehead atoms. The van der Waals surface area contributed by atoms with Crippen LogP contribution in [0.2, 0.25) is 0 Å². The fraction of sp³-hybridized carbons (Fsp3) is 0.562. The van der Waals surface area contributed by atoms with Gasteiger partial charge in [-0.3, -0.25) is 4.79 Å². The summed E-state index contributed by atoms with van der Waals surface area (Å²) in [6.07, 6.45) is 3.11. The average molecular weight is 278 g/mol. The van der Waals surface area contributed by atoms with Crippen LogP contribution in [-0.4, -0.2) is 18.5 Å². The Bertz CT molecular complexity index is 438. The monoisotopic (exact) mass is 278 g/mol. The van der Waals surface area contributed by atoms with E-state index < -0.39 is 0 Å². The van der Waals surface area contributed by atoms with Crippen LogP contribution in [-0.2, 0) is 4.79 Å². The van der Waals surface area contributed by atoms with E-state index in [9.17, 15) is 9.18 Å². The summed E-state index contributed by atoms with van der Waals surface area (Å²) < 4.78 is 13.0. The number of halogens is 1. The van der Waals surface area contributed by atoms with Crippen LogP contribution in [0.3, 0.4) is 0 Å². The van der Waals surface area contributed by atoms with Crippen molar-refractivity contribution in [2.75, 3.05) is 6.54 Å². The zero-order valence-electron chi connectivity index (χ0n) is 12.2. The highest BCUT2D eigenvalue weighted by Gasteiger charge is 2.25. The molecule has 1 aromatic carbocycles. The first-order chi connectivity index (χ1) is 9.58. The maximum Gasteiger partial charge on any atom is 0.237 e. The second-order valence-electron chi connectivity index (χ2n) is 5.78. The van der Waals surface area contributed by atoms with Gasteiger partial charge in [0.05, 0.1) is 12.1 Å². The number of amides is 1. The number of nitrogens with one attached hydrogen (secondary N) is 2. The van der Waals surface area contributed by atoms with Crippen molar-refractivity contribution < 1.29 is 9.18 Å². The number of piperidine rings is 1. The van der Waals surface area contributed by atoms with E-state index in [1.54, 1.807) is 12.1 Å². The third kappa shape index (κ3) is 3.79. The second-order valence-corrected chi connectivity index (χ2v) is 5.78. The molecule has 2 rings (SSSR count). The molecule has 0 spiro atoms. The van der Waals surface area contributed by atoms with Crippen LogP contribution in [0.15, 0.2) is 24.3 Å². The summed E-state index contributed by atoms with van der Waals surface area (Å²) in [5.41, 5.74) is 0.950. The minimum absolute atomic E-state index is 0.0488. The summed E-state index contributed by atoms with van der Waals surface area (Å²) in [7, 11) is 0. The third-order valence-corrected chi connectivity index (χ3v) is 3.82. The highest BCUT2D eigenvalue weighted by Crippen LogP contribution is 2.22. The molecule has 4 heteroatoms. The molecule has 2 atom stereocenters. The Balaban J connectivity index is 2.05. The first-order valence-electron chi connectivity index (χ1n) is 7.37. The number of carbonyl (C=O) groups is 1. The van der Waals surface area contributed by atoms with Crippen molar-refractivity contribution in [3.63, 3.8) is 0 Å². The number of rotatable bonds is 4. The van der Waals surface area contributed by atoms with Crippen molar-refractivity contribution in [3.05, 3.63) is 35.6 Å². The molecule has 1 fully saturated rings. The molecule has 1 heterocycles. The van der Waals surface area contributed by atoms with Gasteiger partial charge in [-0.1, -0.05) is 32.4 Å². The molecule has 0 saturated carbocycles. The van der Waals surface area contributed by atoms with Crippen molar-refractivity contribution in [1.82, 2.24) is 10.6 Å². The van der Waals surface area contributed by atoms with E-state index in [-0.39, 0.29) is 29.7 Å². The van der Waals surface area contributed by atoms with E-state index in [4.69, 9.17) is 0 Å². The summed E-state index contributed by atoms with van der Waals surface area (Å²) in [5.74, 6) is 0.0530. The van der Waals surface area contributed by atoms with Crippen molar-refractivity contribution in [2.45, 2.75) is 45.2 Å². The van der Waals surface area contributed by atoms with Gasteiger partial charge < -0.3 is 10.6 Å². The lowest BCUT2D eigenvalue weighted by molar-refractivity contribution is -0.124. The number of benzene rings is 1. The Hall–Kier alpha value is -1.42. The Labute approximate surface area is 120 Å². The number of hydrogen-bond acceptors (Lipinski definition) is 2. The molecule has 0 aliphatic carbocycles. The molecule has 20 heavy (non-hydrogen) atoms. The Morgan fingerprint density at radius 2 is 2.00 bits per heavy atom. The Kier molecular flexibility index (Phi) is 5.12. The Morgan fingerprint density at radius 3 is 2.55 bits per heavy atom. The predicted octanol–water partition coefficient (Wildman–Crippen LogP) is 2.78. The van der Waals surface area contributed by atoms with E-state index in [0.717, 1.165) is 31.4 Å². The molecule has 0 radical (unpaired) electrons. The smallest absolute Gasteiger partial charge is 0.237 e. The van der Waals surface area contributed by atoms with E-state index in [1.165, 1.54) is 12.1 Å². The van der Waals surface area contributed by atoms with Crippen LogP contribution in [0.25, 0.3) is 0 Å². The molecule has 1 aliphatic heterocycles. The van der Waals surface area contributed by atoms with E-state index in [2.05, 4.69) is 24.5 Å². The molecule has 1 unspecified atom stereocenters. The second kappa shape index (κ2) is 6.84. The molecule has 3 nitrogen and oxygen atoms in total. The van der Waals surface area contributed by atoms with Gasteiger partial charge in [-0.15, -0.1) is 0 Å². The van der Waals surface area contributed by atoms with Gasteiger partial charge in [-0.05, 0) is 43.0 Å². The molecule has 0 aromatic heterocycles. The van der Waals surface area contributed by atoms with Crippen LogP contribution >= 0.6 is 0 Å². The summed E-state index contributed by atoms with van der Waals surface area (Å²) in [5, 5.41) is 6.35. The summed E-state index contributed by atoms with van der Waals surface area (Å²) in [6.45, 7) is 5.02. The molecular formula is C16H23FN2O. The van der Waals surface area contributed by atoms with E-state index >= 15 is 0 Å². The van der Waals surface area contributed by atoms with Gasteiger partial charge in [0.1, 0.15) is 5.82 Å². The topological polar surface area (TPSA) is 41.1 Å². The Morgan fingerprint density at radius 1 is 1.30 bits per heavy atom. The van der Waals surface area contributed by atoms with Gasteiger partial charge in [-0.2, -0.15) is 0 Å². The fourth-order valence-electron chi connectivity index (χ4n) is 2.63. The van der Waals surface area contributed by atoms with Gasteiger partial charge >= 0.3 is 0 Å². The van der Waals surface area contributed by atoms with E-state index in [0.29, 0.717) is 0 Å². The molecule has 110 valence electrons. The average Bonchev–Trinajstić information content (AvgIpc) is 2.46. The lowest BCUT2D eigenvalue weighted by atomic mass is 9.95. The lowest BCUT2D eigenvalue weighted by Gasteiger charge is -2.28. The predicted molar refractivity (Wildman–Crippen MR) is 77.8 cm³/mol. The minimum atomic E-state index is -0.253. The molecule has 2 N–H and O–H groups in total. The van der Waals surface area contributed by atoms with Crippen LogP contribution in [0.5, 0.6) is 0 Å². The normalized spacial score (nSPS) is 20.7. The molecule has 1 amide bonds. The zero-order valence-corrected chi connectivity index (χ0v) is 12.2. The first-order valence-corrected chi connectivity index (χ1v) is 7.37. The largest absolute Gasteiger partial charge is 0.348 e. The standard InChI is InChI=1S/C16H23FN2O/c1-11(2)15(12-6-8-13(17)9-7-12)19-16(20)14-5-3-4-10-18-14/h6-9,11,14-15,18H,3-5,10H2,1-2H3,(H,19,20)/t14-,15?/m1/s1. The van der Waals surface area contributed by atoms with E-state index in [1.807, 2.05) is 0 Å². The fourth-order valence-corrected chi connectivity index (χ4v) is 2.63. The highest BCUT2D eigenvalue weighted by molar-refractivity contribution is 5.82. The highest BCUT2D eigenvalue weighted by atomic mass is 19.1. The van der Waals surface area contributed by atoms with Gasteiger partial charge in [0.25, 0.3) is 0 Å². The number of carbonyl (C=O) groups excluding carboxylic acids is 1. The van der Waals surface area contributed by atoms with Crippen molar-refractivity contribution in [3.8, 4) is 0 Å². The maximum atomic E-state index is 13.0. The summed E-state index contributed by atoms with van der Waals surface area (Å²) >= 11 is 0. The number of hydrogen-bond donors (Lipinski definition) is 2. The van der Waals surface area contributed by atoms with Gasteiger partial charge in [0, 0.05) is 0 Å². The first kappa shape index (κ1) is 15.0. The van der Waals surface area contributed by atoms with Crippen molar-refractivity contribution >= 4 is 5.91 Å². The zero-order chi connectivity index (χ0) is 14.5. The summed E-state index contributed by atoms with van der Waals surface area (Å²) in [6, 6.07) is 6.20. The van der Waals surface area contributed by atoms with Crippen molar-refractivity contribution in [1.29, 1.82) is 0 Å². The molecule has 1 aromatic rings. The molecule has 1 saturated heterocycles. The van der Waals surface area contributed by atoms with Crippen LogP contribution in [0.1, 0.15) is 44.7 Å². The van der Waals surface area contributed by atoms with Crippen LogP contribution in [0.4, 0.5) is 4.39 Å². The van der Waals surface area contributed by atoms with Crippen molar-refractivity contribution in [2.24, 2.45) is 5.92 Å². The van der Waals surface area contributed by atoms with Gasteiger partial charge in [0.2, 0.25) is 5.91 Å². The minimum Gasteiger partial charge on any atom is -0.348 e. The van der Waals surface area contributed by atoms with Crippen LogP contribution in [0, 0.1) is 11.7 Å². The SMILES string of the molecule is CC(C)C(NC(=O)[C@H]1CCCCN1)c1ccc(F)cc1. The quantitative estimate of drug-likeness (QED) is 0.889. The molecular weight excluding hydrogens is 255 g/mol. The van der Waals surface area contributed by atoms with Crippen LogP contribution < -0.4 is 10.6 Å². The molecule has 1 aliphatic rings. The lowest BCUT2D eigenvalue weighted by Crippen LogP contribution is -2.48. The van der Waals surface area contributed by atoms with Gasteiger partial charge in [0.15, 0.2) is 0 Å². The maximum absolute atomic E-state index is 13.0.